The van der Waals surface area contributed by atoms with E-state index in [4.69, 9.17) is 9.15 Å². The van der Waals surface area contributed by atoms with Gasteiger partial charge in [-0.15, -0.1) is 0 Å². The van der Waals surface area contributed by atoms with Gasteiger partial charge in [0.25, 0.3) is 0 Å². The lowest BCUT2D eigenvalue weighted by atomic mass is 9.92. The number of ether oxygens (including phenoxy) is 1. The summed E-state index contributed by atoms with van der Waals surface area (Å²) in [5, 5.41) is 3.49. The number of rotatable bonds is 9. The molecule has 1 aromatic heterocycles. The standard InChI is InChI=1S/C23H25NO2/c1-25-22-13-6-5-12-20(22)21(23-14-8-18-26-23)15-17-24-16-7-11-19-9-3-2-4-10-19/h2-14,18,21,24H,15-17H2,1H3/b11-7+/t21-/m0/s1. The van der Waals surface area contributed by atoms with Crippen LogP contribution in [0, 0.1) is 0 Å². The summed E-state index contributed by atoms with van der Waals surface area (Å²) in [4.78, 5) is 0. The summed E-state index contributed by atoms with van der Waals surface area (Å²) in [5.41, 5.74) is 2.38. The molecule has 3 rings (SSSR count). The third-order valence-electron chi connectivity index (χ3n) is 4.38. The number of methoxy groups -OCH3 is 1. The Morgan fingerprint density at radius 1 is 1.00 bits per heavy atom. The molecule has 1 atom stereocenters. The maximum atomic E-state index is 5.69. The van der Waals surface area contributed by atoms with Crippen molar-refractivity contribution >= 4 is 6.08 Å². The summed E-state index contributed by atoms with van der Waals surface area (Å²) in [5.74, 6) is 2.04. The van der Waals surface area contributed by atoms with Crippen molar-refractivity contribution in [2.45, 2.75) is 12.3 Å². The van der Waals surface area contributed by atoms with Gasteiger partial charge in [-0.3, -0.25) is 0 Å². The summed E-state index contributed by atoms with van der Waals surface area (Å²) < 4.78 is 11.2. The van der Waals surface area contributed by atoms with E-state index < -0.39 is 0 Å². The van der Waals surface area contributed by atoms with E-state index in [0.29, 0.717) is 0 Å². The number of furan rings is 1. The highest BCUT2D eigenvalue weighted by Crippen LogP contribution is 2.34. The molecule has 1 N–H and O–H groups in total. The summed E-state index contributed by atoms with van der Waals surface area (Å²) in [6.45, 7) is 1.73. The zero-order valence-electron chi connectivity index (χ0n) is 15.1. The highest BCUT2D eigenvalue weighted by molar-refractivity contribution is 5.48. The van der Waals surface area contributed by atoms with Gasteiger partial charge in [-0.25, -0.2) is 0 Å². The van der Waals surface area contributed by atoms with E-state index in [1.807, 2.05) is 48.5 Å². The first kappa shape index (κ1) is 18.0. The molecule has 3 nitrogen and oxygen atoms in total. The smallest absolute Gasteiger partial charge is 0.122 e. The molecule has 0 saturated heterocycles. The van der Waals surface area contributed by atoms with Crippen LogP contribution < -0.4 is 10.1 Å². The van der Waals surface area contributed by atoms with Gasteiger partial charge in [0, 0.05) is 18.0 Å². The van der Waals surface area contributed by atoms with Gasteiger partial charge < -0.3 is 14.5 Å². The number of hydrogen-bond acceptors (Lipinski definition) is 3. The van der Waals surface area contributed by atoms with Crippen LogP contribution in [-0.2, 0) is 0 Å². The largest absolute Gasteiger partial charge is 0.496 e. The maximum Gasteiger partial charge on any atom is 0.122 e. The third-order valence-corrected chi connectivity index (χ3v) is 4.38. The molecule has 0 aliphatic carbocycles. The number of benzene rings is 2. The molecular weight excluding hydrogens is 322 g/mol. The number of para-hydroxylation sites is 1. The average Bonchev–Trinajstić information content (AvgIpc) is 3.23. The Labute approximate surface area is 155 Å². The highest BCUT2D eigenvalue weighted by atomic mass is 16.5. The van der Waals surface area contributed by atoms with E-state index in [1.54, 1.807) is 13.4 Å². The van der Waals surface area contributed by atoms with E-state index in [1.165, 1.54) is 5.56 Å². The molecule has 0 fully saturated rings. The minimum absolute atomic E-state index is 0.173. The predicted molar refractivity (Wildman–Crippen MR) is 107 cm³/mol. The summed E-state index contributed by atoms with van der Waals surface area (Å²) in [6, 6.07) is 22.5. The Hall–Kier alpha value is -2.78. The van der Waals surface area contributed by atoms with E-state index in [-0.39, 0.29) is 5.92 Å². The molecule has 3 heteroatoms. The molecule has 0 bridgehead atoms. The second-order valence-electron chi connectivity index (χ2n) is 6.12. The van der Waals surface area contributed by atoms with Gasteiger partial charge in [0.1, 0.15) is 11.5 Å². The van der Waals surface area contributed by atoms with Crippen LogP contribution in [0.25, 0.3) is 6.08 Å². The molecule has 0 unspecified atom stereocenters. The molecule has 0 spiro atoms. The van der Waals surface area contributed by atoms with Crippen LogP contribution >= 0.6 is 0 Å². The molecule has 3 aromatic rings. The monoisotopic (exact) mass is 347 g/mol. The van der Waals surface area contributed by atoms with Gasteiger partial charge in [0.15, 0.2) is 0 Å². The van der Waals surface area contributed by atoms with Crippen LogP contribution in [0.4, 0.5) is 0 Å². The van der Waals surface area contributed by atoms with Crippen molar-refractivity contribution in [3.63, 3.8) is 0 Å². The fourth-order valence-corrected chi connectivity index (χ4v) is 3.09. The lowest BCUT2D eigenvalue weighted by molar-refractivity contribution is 0.399. The minimum atomic E-state index is 0.173. The third kappa shape index (κ3) is 4.87. The van der Waals surface area contributed by atoms with E-state index >= 15 is 0 Å². The van der Waals surface area contributed by atoms with Crippen LogP contribution in [0.3, 0.4) is 0 Å². The molecule has 26 heavy (non-hydrogen) atoms. The van der Waals surface area contributed by atoms with Gasteiger partial charge in [0.2, 0.25) is 0 Å². The lowest BCUT2D eigenvalue weighted by Gasteiger charge is -2.18. The molecule has 0 radical (unpaired) electrons. The first-order valence-electron chi connectivity index (χ1n) is 8.97. The van der Waals surface area contributed by atoms with Gasteiger partial charge >= 0.3 is 0 Å². The molecule has 0 amide bonds. The van der Waals surface area contributed by atoms with Crippen molar-refractivity contribution in [2.75, 3.05) is 20.2 Å². The summed E-state index contributed by atoms with van der Waals surface area (Å²) in [6.07, 6.45) is 6.96. The molecule has 1 heterocycles. The zero-order chi connectivity index (χ0) is 18.0. The lowest BCUT2D eigenvalue weighted by Crippen LogP contribution is -2.18. The van der Waals surface area contributed by atoms with Crippen molar-refractivity contribution in [1.29, 1.82) is 0 Å². The molecule has 2 aromatic carbocycles. The maximum absolute atomic E-state index is 5.69. The van der Waals surface area contributed by atoms with Crippen LogP contribution in [0.15, 0.2) is 83.5 Å². The van der Waals surface area contributed by atoms with Crippen LogP contribution in [0.2, 0.25) is 0 Å². The Kier molecular flexibility index (Phi) is 6.68. The van der Waals surface area contributed by atoms with Gasteiger partial charge in [-0.1, -0.05) is 60.7 Å². The first-order chi connectivity index (χ1) is 12.9. The van der Waals surface area contributed by atoms with Crippen LogP contribution in [0.1, 0.15) is 29.2 Å². The molecule has 0 aliphatic heterocycles. The van der Waals surface area contributed by atoms with Crippen molar-refractivity contribution in [3.8, 4) is 5.75 Å². The average molecular weight is 347 g/mol. The van der Waals surface area contributed by atoms with Gasteiger partial charge in [-0.2, -0.15) is 0 Å². The normalized spacial score (nSPS) is 12.3. The topological polar surface area (TPSA) is 34.4 Å². The SMILES string of the molecule is COc1ccccc1[C@H](CCNC/C=C/c1ccccc1)c1ccco1. The summed E-state index contributed by atoms with van der Waals surface area (Å²) >= 11 is 0. The highest BCUT2D eigenvalue weighted by Gasteiger charge is 2.20. The molecule has 0 aliphatic rings. The molecule has 0 saturated carbocycles. The second kappa shape index (κ2) is 9.64. The fourth-order valence-electron chi connectivity index (χ4n) is 3.09. The Morgan fingerprint density at radius 3 is 2.58 bits per heavy atom. The van der Waals surface area contributed by atoms with Crippen molar-refractivity contribution in [2.24, 2.45) is 0 Å². The van der Waals surface area contributed by atoms with E-state index in [9.17, 15) is 0 Å². The predicted octanol–water partition coefficient (Wildman–Crippen LogP) is 5.11. The van der Waals surface area contributed by atoms with E-state index in [2.05, 4.69) is 35.7 Å². The van der Waals surface area contributed by atoms with Crippen LogP contribution in [-0.4, -0.2) is 20.2 Å². The Bertz CT molecular complexity index is 794. The molecular formula is C23H25NO2. The number of hydrogen-bond donors (Lipinski definition) is 1. The van der Waals surface area contributed by atoms with E-state index in [0.717, 1.165) is 36.6 Å². The van der Waals surface area contributed by atoms with Gasteiger partial charge in [0.05, 0.1) is 13.4 Å². The Balaban J connectivity index is 1.58. The fraction of sp³-hybridized carbons (Fsp3) is 0.217. The van der Waals surface area contributed by atoms with Crippen molar-refractivity contribution in [3.05, 3.63) is 96.0 Å². The summed E-state index contributed by atoms with van der Waals surface area (Å²) in [7, 11) is 1.71. The quantitative estimate of drug-likeness (QED) is 0.546. The second-order valence-corrected chi connectivity index (χ2v) is 6.12. The minimum Gasteiger partial charge on any atom is -0.496 e. The number of nitrogens with one attached hydrogen (secondary N) is 1. The Morgan fingerprint density at radius 2 is 1.81 bits per heavy atom. The zero-order valence-corrected chi connectivity index (χ0v) is 15.1. The van der Waals surface area contributed by atoms with Crippen LogP contribution in [0.5, 0.6) is 5.75 Å². The molecule has 134 valence electrons. The van der Waals surface area contributed by atoms with Gasteiger partial charge in [-0.05, 0) is 36.7 Å². The van der Waals surface area contributed by atoms with Crippen molar-refractivity contribution < 1.29 is 9.15 Å². The first-order valence-corrected chi connectivity index (χ1v) is 8.97. The van der Waals surface area contributed by atoms with Crippen molar-refractivity contribution in [1.82, 2.24) is 5.32 Å².